The average molecular weight is 388 g/mol. The fraction of sp³-hybridized carbons (Fsp3) is 0.368. The molecule has 1 N–H and O–H groups in total. The van der Waals surface area contributed by atoms with Crippen LogP contribution in [0.1, 0.15) is 11.3 Å². The van der Waals surface area contributed by atoms with Gasteiger partial charge in [-0.1, -0.05) is 18.2 Å². The van der Waals surface area contributed by atoms with Crippen LogP contribution in [-0.4, -0.2) is 53.0 Å². The molecule has 2 aromatic rings. The van der Waals surface area contributed by atoms with E-state index in [0.29, 0.717) is 0 Å². The number of para-hydroxylation sites is 1. The molecule has 0 saturated carbocycles. The van der Waals surface area contributed by atoms with Crippen molar-refractivity contribution in [2.75, 3.05) is 31.5 Å². The maximum absolute atomic E-state index is 12.7. The van der Waals surface area contributed by atoms with Crippen LogP contribution in [0, 0.1) is 0 Å². The van der Waals surface area contributed by atoms with Crippen LogP contribution >= 0.6 is 23.1 Å². The summed E-state index contributed by atoms with van der Waals surface area (Å²) in [4.78, 5) is 31.6. The summed E-state index contributed by atoms with van der Waals surface area (Å²) in [5, 5.41) is 4.66. The number of fused-ring (bicyclic) bond motifs is 1. The molecule has 136 valence electrons. The number of amides is 2. The average Bonchev–Trinajstić information content (AvgIpc) is 3.16. The highest BCUT2D eigenvalue weighted by molar-refractivity contribution is 8.01. The Bertz CT molecular complexity index is 786. The fourth-order valence-corrected chi connectivity index (χ4v) is 5.14. The van der Waals surface area contributed by atoms with Crippen molar-refractivity contribution >= 4 is 40.6 Å². The lowest BCUT2D eigenvalue weighted by Gasteiger charge is -2.35. The van der Waals surface area contributed by atoms with Crippen LogP contribution in [0.3, 0.4) is 0 Å². The zero-order valence-electron chi connectivity index (χ0n) is 14.4. The van der Waals surface area contributed by atoms with Crippen molar-refractivity contribution in [1.82, 2.24) is 9.80 Å². The summed E-state index contributed by atoms with van der Waals surface area (Å²) in [6.45, 7) is 4.20. The van der Waals surface area contributed by atoms with Crippen LogP contribution in [0.25, 0.3) is 0 Å². The number of piperazine rings is 1. The molecule has 0 bridgehead atoms. The molecule has 2 amide bonds. The highest BCUT2D eigenvalue weighted by Gasteiger charge is 2.31. The number of carbonyl (C=O) groups excluding carboxylic acids is 2. The summed E-state index contributed by atoms with van der Waals surface area (Å²) in [6.07, 6.45) is 0.260. The normalized spacial score (nSPS) is 20.5. The molecule has 2 aliphatic heterocycles. The van der Waals surface area contributed by atoms with E-state index >= 15 is 0 Å². The molecule has 5 nitrogen and oxygen atoms in total. The summed E-state index contributed by atoms with van der Waals surface area (Å²) in [5.41, 5.74) is 0.841. The molecular weight excluding hydrogens is 366 g/mol. The number of hydrogen-bond acceptors (Lipinski definition) is 5. The monoisotopic (exact) mass is 387 g/mol. The van der Waals surface area contributed by atoms with Crippen LogP contribution in [-0.2, 0) is 16.1 Å². The second-order valence-corrected chi connectivity index (χ2v) is 8.81. The smallest absolute Gasteiger partial charge is 0.238 e. The maximum Gasteiger partial charge on any atom is 0.238 e. The van der Waals surface area contributed by atoms with E-state index in [2.05, 4.69) is 27.7 Å². The minimum absolute atomic E-state index is 0.0709. The van der Waals surface area contributed by atoms with Gasteiger partial charge >= 0.3 is 0 Å². The van der Waals surface area contributed by atoms with Crippen molar-refractivity contribution in [3.05, 3.63) is 46.7 Å². The summed E-state index contributed by atoms with van der Waals surface area (Å²) < 4.78 is 0. The van der Waals surface area contributed by atoms with E-state index in [1.54, 1.807) is 11.3 Å². The standard InChI is InChI=1S/C19H21N3O2S2/c23-18(12-17-19(24)20-15-5-1-2-6-16(15)26-17)22-9-7-21(8-10-22)13-14-4-3-11-25-14/h1-6,11,17H,7-10,12-13H2,(H,20,24)/t17-/m0/s1. The number of anilines is 1. The number of thiophene rings is 1. The zero-order chi connectivity index (χ0) is 17.9. The summed E-state index contributed by atoms with van der Waals surface area (Å²) in [7, 11) is 0. The Morgan fingerprint density at radius 3 is 2.69 bits per heavy atom. The fourth-order valence-electron chi connectivity index (χ4n) is 3.29. The summed E-state index contributed by atoms with van der Waals surface area (Å²) >= 11 is 3.26. The minimum Gasteiger partial charge on any atom is -0.340 e. The van der Waals surface area contributed by atoms with Gasteiger partial charge in [0.25, 0.3) is 0 Å². The lowest BCUT2D eigenvalue weighted by Crippen LogP contribution is -2.49. The van der Waals surface area contributed by atoms with Crippen molar-refractivity contribution in [2.45, 2.75) is 23.1 Å². The Hall–Kier alpha value is -1.83. The Balaban J connectivity index is 1.30. The molecule has 7 heteroatoms. The largest absolute Gasteiger partial charge is 0.340 e. The van der Waals surface area contributed by atoms with E-state index in [9.17, 15) is 9.59 Å². The van der Waals surface area contributed by atoms with Crippen LogP contribution < -0.4 is 5.32 Å². The number of rotatable bonds is 4. The SMILES string of the molecule is O=C1Nc2ccccc2S[C@H]1CC(=O)N1CCN(Cc2cccs2)CC1. The minimum atomic E-state index is -0.346. The van der Waals surface area contributed by atoms with Gasteiger partial charge < -0.3 is 10.2 Å². The second kappa shape index (κ2) is 7.82. The van der Waals surface area contributed by atoms with Crippen molar-refractivity contribution in [3.8, 4) is 0 Å². The van der Waals surface area contributed by atoms with E-state index in [1.807, 2.05) is 29.2 Å². The van der Waals surface area contributed by atoms with Crippen molar-refractivity contribution in [1.29, 1.82) is 0 Å². The van der Waals surface area contributed by atoms with Crippen LogP contribution in [0.15, 0.2) is 46.7 Å². The van der Waals surface area contributed by atoms with E-state index in [-0.39, 0.29) is 23.5 Å². The number of thioether (sulfide) groups is 1. The molecule has 26 heavy (non-hydrogen) atoms. The Morgan fingerprint density at radius 1 is 1.12 bits per heavy atom. The highest BCUT2D eigenvalue weighted by atomic mass is 32.2. The molecule has 4 rings (SSSR count). The van der Waals surface area contributed by atoms with Gasteiger partial charge in [-0.2, -0.15) is 0 Å². The van der Waals surface area contributed by atoms with Gasteiger partial charge in [0.05, 0.1) is 10.9 Å². The third kappa shape index (κ3) is 3.95. The molecule has 1 aromatic heterocycles. The van der Waals surface area contributed by atoms with Gasteiger partial charge in [0.1, 0.15) is 0 Å². The van der Waals surface area contributed by atoms with E-state index in [0.717, 1.165) is 43.3 Å². The Kier molecular flexibility index (Phi) is 5.28. The lowest BCUT2D eigenvalue weighted by molar-refractivity contribution is -0.134. The number of benzene rings is 1. The van der Waals surface area contributed by atoms with E-state index in [1.165, 1.54) is 16.6 Å². The molecular formula is C19H21N3O2S2. The number of hydrogen-bond donors (Lipinski definition) is 1. The highest BCUT2D eigenvalue weighted by Crippen LogP contribution is 2.36. The van der Waals surface area contributed by atoms with Gasteiger partial charge in [0.15, 0.2) is 0 Å². The van der Waals surface area contributed by atoms with Gasteiger partial charge in [-0.15, -0.1) is 23.1 Å². The topological polar surface area (TPSA) is 52.7 Å². The first-order valence-corrected chi connectivity index (χ1v) is 10.5. The Morgan fingerprint density at radius 2 is 1.92 bits per heavy atom. The van der Waals surface area contributed by atoms with Gasteiger partial charge in [0.2, 0.25) is 11.8 Å². The molecule has 1 fully saturated rings. The van der Waals surface area contributed by atoms with Gasteiger partial charge in [0, 0.05) is 48.9 Å². The third-order valence-electron chi connectivity index (χ3n) is 4.75. The molecule has 0 radical (unpaired) electrons. The lowest BCUT2D eigenvalue weighted by atomic mass is 10.2. The van der Waals surface area contributed by atoms with Gasteiger partial charge in [-0.3, -0.25) is 14.5 Å². The second-order valence-electron chi connectivity index (χ2n) is 6.53. The predicted octanol–water partition coefficient (Wildman–Crippen LogP) is 2.90. The number of nitrogens with zero attached hydrogens (tertiary/aromatic N) is 2. The maximum atomic E-state index is 12.7. The van der Waals surface area contributed by atoms with Crippen LogP contribution in [0.4, 0.5) is 5.69 Å². The zero-order valence-corrected chi connectivity index (χ0v) is 16.0. The number of nitrogens with one attached hydrogen (secondary N) is 1. The first kappa shape index (κ1) is 17.6. The molecule has 3 heterocycles. The third-order valence-corrected chi connectivity index (χ3v) is 6.89. The van der Waals surface area contributed by atoms with Gasteiger partial charge in [-0.25, -0.2) is 0 Å². The number of carbonyl (C=O) groups is 2. The van der Waals surface area contributed by atoms with E-state index < -0.39 is 0 Å². The first-order valence-electron chi connectivity index (χ1n) is 8.78. The summed E-state index contributed by atoms with van der Waals surface area (Å²) in [6, 6.07) is 12.0. The van der Waals surface area contributed by atoms with Crippen LogP contribution in [0.5, 0.6) is 0 Å². The van der Waals surface area contributed by atoms with Crippen molar-refractivity contribution in [2.24, 2.45) is 0 Å². The predicted molar refractivity (Wildman–Crippen MR) is 106 cm³/mol. The molecule has 1 atom stereocenters. The van der Waals surface area contributed by atoms with Crippen LogP contribution in [0.2, 0.25) is 0 Å². The molecule has 0 unspecified atom stereocenters. The molecule has 1 aromatic carbocycles. The Labute approximate surface area is 161 Å². The molecule has 0 aliphatic carbocycles. The van der Waals surface area contributed by atoms with Crippen molar-refractivity contribution < 1.29 is 9.59 Å². The van der Waals surface area contributed by atoms with E-state index in [4.69, 9.17) is 0 Å². The molecule has 1 saturated heterocycles. The summed E-state index contributed by atoms with van der Waals surface area (Å²) in [5.74, 6) is 0.00573. The first-order chi connectivity index (χ1) is 12.7. The molecule has 0 spiro atoms. The molecule has 2 aliphatic rings. The quantitative estimate of drug-likeness (QED) is 0.877. The van der Waals surface area contributed by atoms with Gasteiger partial charge in [-0.05, 0) is 23.6 Å². The van der Waals surface area contributed by atoms with Crippen molar-refractivity contribution in [3.63, 3.8) is 0 Å².